The lowest BCUT2D eigenvalue weighted by Crippen LogP contribution is -2.32. The maximum absolute atomic E-state index is 12.5. The Morgan fingerprint density at radius 3 is 2.68 bits per heavy atom. The van der Waals surface area contributed by atoms with Gasteiger partial charge in [-0.1, -0.05) is 30.3 Å². The maximum atomic E-state index is 12.5. The maximum Gasteiger partial charge on any atom is 0.253 e. The molecule has 0 saturated carbocycles. The van der Waals surface area contributed by atoms with Crippen molar-refractivity contribution in [1.29, 1.82) is 0 Å². The quantitative estimate of drug-likeness (QED) is 0.768. The number of para-hydroxylation sites is 1. The molecule has 0 spiro atoms. The number of benzene rings is 2. The summed E-state index contributed by atoms with van der Waals surface area (Å²) in [6.45, 7) is 5.40. The molecule has 2 aromatic rings. The van der Waals surface area contributed by atoms with Crippen molar-refractivity contribution in [1.82, 2.24) is 5.32 Å². The second-order valence-electron chi connectivity index (χ2n) is 7.36. The van der Waals surface area contributed by atoms with Gasteiger partial charge in [0, 0.05) is 19.6 Å². The fourth-order valence-electron chi connectivity index (χ4n) is 3.33. The summed E-state index contributed by atoms with van der Waals surface area (Å²) < 4.78 is 5.54. The van der Waals surface area contributed by atoms with Gasteiger partial charge in [-0.2, -0.15) is 0 Å². The molecule has 0 aliphatic carbocycles. The third-order valence-electron chi connectivity index (χ3n) is 5.17. The van der Waals surface area contributed by atoms with Crippen LogP contribution in [0.5, 0.6) is 0 Å². The lowest BCUT2D eigenvalue weighted by atomic mass is 10.0. The predicted octanol–water partition coefficient (Wildman–Crippen LogP) is 3.78. The summed E-state index contributed by atoms with van der Waals surface area (Å²) in [7, 11) is 0. The van der Waals surface area contributed by atoms with Gasteiger partial charge in [0.2, 0.25) is 5.91 Å². The summed E-state index contributed by atoms with van der Waals surface area (Å²) >= 11 is 0. The molecule has 1 unspecified atom stereocenters. The first-order valence-corrected chi connectivity index (χ1v) is 9.88. The van der Waals surface area contributed by atoms with E-state index in [1.165, 1.54) is 11.1 Å². The van der Waals surface area contributed by atoms with Crippen molar-refractivity contribution in [3.05, 3.63) is 64.7 Å². The molecule has 1 atom stereocenters. The summed E-state index contributed by atoms with van der Waals surface area (Å²) in [6.07, 6.45) is 3.13. The Hall–Kier alpha value is -2.66. The van der Waals surface area contributed by atoms with E-state index in [1.54, 1.807) is 18.2 Å². The zero-order valence-electron chi connectivity index (χ0n) is 16.6. The van der Waals surface area contributed by atoms with Crippen LogP contribution in [0.3, 0.4) is 0 Å². The van der Waals surface area contributed by atoms with Crippen LogP contribution in [0.4, 0.5) is 5.69 Å². The molecular formula is C23H28N2O3. The number of amides is 2. The SMILES string of the molecule is Cc1ccc(CCC(=O)Nc2ccccc2C(=O)NCC2CCCO2)cc1C. The van der Waals surface area contributed by atoms with Crippen molar-refractivity contribution in [2.45, 2.75) is 45.6 Å². The van der Waals surface area contributed by atoms with Gasteiger partial charge in [-0.25, -0.2) is 0 Å². The summed E-state index contributed by atoms with van der Waals surface area (Å²) in [5.74, 6) is -0.293. The van der Waals surface area contributed by atoms with Crippen LogP contribution in [-0.2, 0) is 16.0 Å². The lowest BCUT2D eigenvalue weighted by Gasteiger charge is -2.14. The highest BCUT2D eigenvalue weighted by molar-refractivity contribution is 6.03. The van der Waals surface area contributed by atoms with Crippen LogP contribution in [-0.4, -0.2) is 31.1 Å². The normalized spacial score (nSPS) is 16.0. The Bertz CT molecular complexity index is 841. The van der Waals surface area contributed by atoms with Gasteiger partial charge in [-0.05, 0) is 61.9 Å². The Balaban J connectivity index is 1.56. The lowest BCUT2D eigenvalue weighted by molar-refractivity contribution is -0.116. The van der Waals surface area contributed by atoms with Gasteiger partial charge in [0.05, 0.1) is 17.4 Å². The zero-order valence-corrected chi connectivity index (χ0v) is 16.6. The van der Waals surface area contributed by atoms with E-state index in [9.17, 15) is 9.59 Å². The molecule has 0 bridgehead atoms. The molecule has 1 fully saturated rings. The molecule has 0 radical (unpaired) electrons. The Labute approximate surface area is 166 Å². The van der Waals surface area contributed by atoms with E-state index in [0.29, 0.717) is 30.6 Å². The van der Waals surface area contributed by atoms with Crippen molar-refractivity contribution in [2.24, 2.45) is 0 Å². The van der Waals surface area contributed by atoms with E-state index in [4.69, 9.17) is 4.74 Å². The highest BCUT2D eigenvalue weighted by atomic mass is 16.5. The molecule has 2 N–H and O–H groups in total. The third kappa shape index (κ3) is 5.42. The molecule has 1 heterocycles. The Kier molecular flexibility index (Phi) is 6.82. The molecule has 1 aliphatic rings. The fourth-order valence-corrected chi connectivity index (χ4v) is 3.33. The van der Waals surface area contributed by atoms with Gasteiger partial charge in [-0.3, -0.25) is 9.59 Å². The number of ether oxygens (including phenoxy) is 1. The zero-order chi connectivity index (χ0) is 19.9. The number of anilines is 1. The first-order valence-electron chi connectivity index (χ1n) is 9.88. The minimum atomic E-state index is -0.194. The second kappa shape index (κ2) is 9.51. The van der Waals surface area contributed by atoms with Gasteiger partial charge in [0.1, 0.15) is 0 Å². The highest BCUT2D eigenvalue weighted by Crippen LogP contribution is 2.17. The minimum Gasteiger partial charge on any atom is -0.376 e. The van der Waals surface area contributed by atoms with E-state index in [1.807, 2.05) is 6.07 Å². The third-order valence-corrected chi connectivity index (χ3v) is 5.17. The number of hydrogen-bond donors (Lipinski definition) is 2. The number of rotatable bonds is 7. The van der Waals surface area contributed by atoms with E-state index < -0.39 is 0 Å². The van der Waals surface area contributed by atoms with Crippen molar-refractivity contribution in [3.63, 3.8) is 0 Å². The molecular weight excluding hydrogens is 352 g/mol. The number of carbonyl (C=O) groups excluding carboxylic acids is 2. The minimum absolute atomic E-state index is 0.0867. The average molecular weight is 380 g/mol. The number of carbonyl (C=O) groups is 2. The van der Waals surface area contributed by atoms with Gasteiger partial charge in [0.15, 0.2) is 0 Å². The summed E-state index contributed by atoms with van der Waals surface area (Å²) in [5, 5.41) is 5.79. The van der Waals surface area contributed by atoms with E-state index in [0.717, 1.165) is 25.0 Å². The average Bonchev–Trinajstić information content (AvgIpc) is 3.21. The predicted molar refractivity (Wildman–Crippen MR) is 111 cm³/mol. The molecule has 5 nitrogen and oxygen atoms in total. The van der Waals surface area contributed by atoms with Crippen molar-refractivity contribution < 1.29 is 14.3 Å². The van der Waals surface area contributed by atoms with E-state index in [2.05, 4.69) is 42.7 Å². The van der Waals surface area contributed by atoms with Crippen LogP contribution in [0.1, 0.15) is 46.3 Å². The number of hydrogen-bond acceptors (Lipinski definition) is 3. The van der Waals surface area contributed by atoms with Crippen LogP contribution in [0.25, 0.3) is 0 Å². The largest absolute Gasteiger partial charge is 0.376 e. The first kappa shape index (κ1) is 20.1. The molecule has 0 aromatic heterocycles. The molecule has 1 saturated heterocycles. The van der Waals surface area contributed by atoms with Crippen molar-refractivity contribution in [3.8, 4) is 0 Å². The van der Waals surface area contributed by atoms with Crippen LogP contribution >= 0.6 is 0 Å². The second-order valence-corrected chi connectivity index (χ2v) is 7.36. The molecule has 3 rings (SSSR count). The van der Waals surface area contributed by atoms with E-state index in [-0.39, 0.29) is 17.9 Å². The van der Waals surface area contributed by atoms with Crippen molar-refractivity contribution in [2.75, 3.05) is 18.5 Å². The smallest absolute Gasteiger partial charge is 0.253 e. The summed E-state index contributed by atoms with van der Waals surface area (Å²) in [6, 6.07) is 13.4. The Morgan fingerprint density at radius 2 is 1.93 bits per heavy atom. The van der Waals surface area contributed by atoms with Crippen LogP contribution in [0.2, 0.25) is 0 Å². The molecule has 1 aliphatic heterocycles. The van der Waals surface area contributed by atoms with Crippen LogP contribution in [0, 0.1) is 13.8 Å². The van der Waals surface area contributed by atoms with Crippen molar-refractivity contribution >= 4 is 17.5 Å². The molecule has 2 amide bonds. The van der Waals surface area contributed by atoms with Gasteiger partial charge in [0.25, 0.3) is 5.91 Å². The highest BCUT2D eigenvalue weighted by Gasteiger charge is 2.18. The molecule has 2 aromatic carbocycles. The summed E-state index contributed by atoms with van der Waals surface area (Å²) in [4.78, 5) is 25.0. The van der Waals surface area contributed by atoms with Gasteiger partial charge >= 0.3 is 0 Å². The number of aryl methyl sites for hydroxylation is 3. The van der Waals surface area contributed by atoms with Gasteiger partial charge in [-0.15, -0.1) is 0 Å². The molecule has 28 heavy (non-hydrogen) atoms. The fraction of sp³-hybridized carbons (Fsp3) is 0.391. The standard InChI is InChI=1S/C23H28N2O3/c1-16-9-10-18(14-17(16)2)11-12-22(26)25-21-8-4-3-7-20(21)23(27)24-15-19-6-5-13-28-19/h3-4,7-10,14,19H,5-6,11-13,15H2,1-2H3,(H,24,27)(H,25,26). The first-order chi connectivity index (χ1) is 13.5. The van der Waals surface area contributed by atoms with Gasteiger partial charge < -0.3 is 15.4 Å². The molecule has 5 heteroatoms. The van der Waals surface area contributed by atoms with Crippen LogP contribution < -0.4 is 10.6 Å². The van der Waals surface area contributed by atoms with E-state index >= 15 is 0 Å². The monoisotopic (exact) mass is 380 g/mol. The topological polar surface area (TPSA) is 67.4 Å². The number of nitrogens with one attached hydrogen (secondary N) is 2. The Morgan fingerprint density at radius 1 is 1.11 bits per heavy atom. The molecule has 148 valence electrons. The summed E-state index contributed by atoms with van der Waals surface area (Å²) in [5.41, 5.74) is 4.63. The van der Waals surface area contributed by atoms with Crippen LogP contribution in [0.15, 0.2) is 42.5 Å².